The first kappa shape index (κ1) is 22.2. The molecule has 6 nitrogen and oxygen atoms in total. The number of nitrogens with zero attached hydrogens (tertiary/aromatic N) is 4. The summed E-state index contributed by atoms with van der Waals surface area (Å²) in [6, 6.07) is 9.10. The first-order chi connectivity index (χ1) is 16.4. The van der Waals surface area contributed by atoms with Crippen LogP contribution in [0, 0.1) is 17.5 Å². The van der Waals surface area contributed by atoms with Gasteiger partial charge < -0.3 is 14.5 Å². The molecule has 1 aliphatic heterocycles. The van der Waals surface area contributed by atoms with Gasteiger partial charge in [-0.25, -0.2) is 18.2 Å². The van der Waals surface area contributed by atoms with Crippen LogP contribution in [0.4, 0.5) is 18.9 Å². The van der Waals surface area contributed by atoms with Crippen molar-refractivity contribution in [2.45, 2.75) is 6.42 Å². The third-order valence-corrected chi connectivity index (χ3v) is 6.21. The Bertz CT molecular complexity index is 1350. The minimum atomic E-state index is -0.805. The standard InChI is InChI=1S/C25H24F3N5O/c1-32-5-7-33(8-6-32)22-4-3-15(11-20(22)27)9-16-10-19-23(30-31-25(19)29-14-16)18-12-17(26)13-21(28)24(18)34-2/h3-4,10-14H,5-9H2,1-2H3,(H,29,30,31). The molecule has 1 N–H and O–H groups in total. The van der Waals surface area contributed by atoms with E-state index in [1.807, 2.05) is 18.2 Å². The lowest BCUT2D eigenvalue weighted by atomic mass is 10.0. The largest absolute Gasteiger partial charge is 0.493 e. The number of fused-ring (bicyclic) bond motifs is 1. The summed E-state index contributed by atoms with van der Waals surface area (Å²) >= 11 is 0. The Kier molecular flexibility index (Phi) is 5.87. The lowest BCUT2D eigenvalue weighted by Crippen LogP contribution is -2.44. The molecule has 0 atom stereocenters. The summed E-state index contributed by atoms with van der Waals surface area (Å²) in [6.45, 7) is 3.39. The van der Waals surface area contributed by atoms with Gasteiger partial charge in [-0.2, -0.15) is 5.10 Å². The van der Waals surface area contributed by atoms with E-state index in [-0.39, 0.29) is 17.1 Å². The zero-order chi connectivity index (χ0) is 23.8. The number of benzene rings is 2. The number of anilines is 1. The molecule has 2 aromatic heterocycles. The van der Waals surface area contributed by atoms with Crippen LogP contribution in [0.5, 0.6) is 5.75 Å². The molecule has 176 valence electrons. The maximum atomic E-state index is 14.9. The van der Waals surface area contributed by atoms with Gasteiger partial charge >= 0.3 is 0 Å². The molecular weight excluding hydrogens is 443 g/mol. The van der Waals surface area contributed by atoms with Crippen LogP contribution in [0.15, 0.2) is 42.6 Å². The summed E-state index contributed by atoms with van der Waals surface area (Å²) in [6.07, 6.45) is 2.12. The number of methoxy groups -OCH3 is 1. The molecule has 34 heavy (non-hydrogen) atoms. The predicted octanol–water partition coefficient (Wildman–Crippen LogP) is 4.39. The summed E-state index contributed by atoms with van der Waals surface area (Å²) in [5.41, 5.74) is 3.25. The van der Waals surface area contributed by atoms with Crippen molar-refractivity contribution in [3.05, 3.63) is 71.2 Å². The van der Waals surface area contributed by atoms with Gasteiger partial charge in [0.05, 0.1) is 18.5 Å². The van der Waals surface area contributed by atoms with Gasteiger partial charge in [-0.05, 0) is 48.9 Å². The summed E-state index contributed by atoms with van der Waals surface area (Å²) in [4.78, 5) is 8.66. The Balaban J connectivity index is 1.44. The van der Waals surface area contributed by atoms with Crippen LogP contribution in [-0.4, -0.2) is 60.4 Å². The molecule has 4 aromatic rings. The van der Waals surface area contributed by atoms with Crippen LogP contribution in [0.1, 0.15) is 11.1 Å². The molecule has 1 saturated heterocycles. The summed E-state index contributed by atoms with van der Waals surface area (Å²) in [5.74, 6) is -1.87. The molecule has 0 amide bonds. The maximum absolute atomic E-state index is 14.9. The fourth-order valence-corrected chi connectivity index (χ4v) is 4.40. The van der Waals surface area contributed by atoms with Crippen LogP contribution in [0.3, 0.4) is 0 Å². The van der Waals surface area contributed by atoms with Gasteiger partial charge in [0.1, 0.15) is 11.6 Å². The highest BCUT2D eigenvalue weighted by atomic mass is 19.1. The van der Waals surface area contributed by atoms with Crippen LogP contribution in [0.2, 0.25) is 0 Å². The molecule has 1 aliphatic rings. The van der Waals surface area contributed by atoms with Crippen LogP contribution >= 0.6 is 0 Å². The number of aromatic nitrogens is 3. The second-order valence-electron chi connectivity index (χ2n) is 8.53. The van der Waals surface area contributed by atoms with Crippen molar-refractivity contribution < 1.29 is 17.9 Å². The second-order valence-corrected chi connectivity index (χ2v) is 8.53. The zero-order valence-corrected chi connectivity index (χ0v) is 18.9. The second kappa shape index (κ2) is 8.98. The highest BCUT2D eigenvalue weighted by molar-refractivity contribution is 5.92. The van der Waals surface area contributed by atoms with E-state index in [0.29, 0.717) is 28.8 Å². The zero-order valence-electron chi connectivity index (χ0n) is 18.9. The van der Waals surface area contributed by atoms with E-state index in [1.165, 1.54) is 13.2 Å². The lowest BCUT2D eigenvalue weighted by molar-refractivity contribution is 0.311. The number of ether oxygens (including phenoxy) is 1. The van der Waals surface area contributed by atoms with Gasteiger partial charge in [0.2, 0.25) is 0 Å². The van der Waals surface area contributed by atoms with Gasteiger partial charge in [0.15, 0.2) is 17.2 Å². The van der Waals surface area contributed by atoms with Crippen LogP contribution < -0.4 is 9.64 Å². The van der Waals surface area contributed by atoms with E-state index in [0.717, 1.165) is 43.4 Å². The average molecular weight is 467 g/mol. The number of hydrogen-bond donors (Lipinski definition) is 1. The number of halogens is 3. The minimum absolute atomic E-state index is 0.0843. The molecule has 1 fully saturated rings. The van der Waals surface area contributed by atoms with Crippen molar-refractivity contribution in [1.82, 2.24) is 20.1 Å². The smallest absolute Gasteiger partial charge is 0.181 e. The molecule has 0 aliphatic carbocycles. The van der Waals surface area contributed by atoms with E-state index < -0.39 is 11.6 Å². The molecular formula is C25H24F3N5O. The number of H-pyrrole nitrogens is 1. The number of pyridine rings is 1. The van der Waals surface area contributed by atoms with Gasteiger partial charge in [0.25, 0.3) is 0 Å². The average Bonchev–Trinajstić information content (AvgIpc) is 3.23. The van der Waals surface area contributed by atoms with Crippen molar-refractivity contribution in [2.75, 3.05) is 45.2 Å². The summed E-state index contributed by atoms with van der Waals surface area (Å²) in [7, 11) is 3.39. The van der Waals surface area contributed by atoms with Crippen molar-refractivity contribution in [3.8, 4) is 17.0 Å². The highest BCUT2D eigenvalue weighted by Crippen LogP contribution is 2.36. The Morgan fingerprint density at radius 2 is 1.76 bits per heavy atom. The van der Waals surface area contributed by atoms with Gasteiger partial charge in [-0.3, -0.25) is 5.10 Å². The summed E-state index contributed by atoms with van der Waals surface area (Å²) < 4.78 is 48.2. The van der Waals surface area contributed by atoms with Gasteiger partial charge in [-0.15, -0.1) is 0 Å². The van der Waals surface area contributed by atoms with Gasteiger partial charge in [-0.1, -0.05) is 6.07 Å². The monoisotopic (exact) mass is 467 g/mol. The molecule has 2 aromatic carbocycles. The van der Waals surface area contributed by atoms with Crippen LogP contribution in [0.25, 0.3) is 22.3 Å². The molecule has 0 radical (unpaired) electrons. The number of rotatable bonds is 5. The van der Waals surface area contributed by atoms with Crippen molar-refractivity contribution >= 4 is 16.7 Å². The van der Waals surface area contributed by atoms with E-state index in [2.05, 4.69) is 32.0 Å². The van der Waals surface area contributed by atoms with E-state index in [1.54, 1.807) is 12.3 Å². The normalized spacial score (nSPS) is 14.7. The van der Waals surface area contributed by atoms with E-state index in [4.69, 9.17) is 4.74 Å². The number of nitrogens with one attached hydrogen (secondary N) is 1. The first-order valence-electron chi connectivity index (χ1n) is 11.0. The molecule has 0 unspecified atom stereocenters. The fourth-order valence-electron chi connectivity index (χ4n) is 4.40. The number of aromatic amines is 1. The van der Waals surface area contributed by atoms with Crippen LogP contribution in [-0.2, 0) is 6.42 Å². The molecule has 5 rings (SSSR count). The summed E-state index contributed by atoms with van der Waals surface area (Å²) in [5, 5.41) is 7.56. The Morgan fingerprint density at radius 3 is 2.50 bits per heavy atom. The molecule has 9 heteroatoms. The SMILES string of the molecule is COc1c(F)cc(F)cc1-c1[nH]nc2ncc(Cc3ccc(N4CCN(C)CC4)c(F)c3)cc12. The Morgan fingerprint density at radius 1 is 0.971 bits per heavy atom. The van der Waals surface area contributed by atoms with E-state index >= 15 is 0 Å². The van der Waals surface area contributed by atoms with E-state index in [9.17, 15) is 13.2 Å². The number of piperazine rings is 1. The number of likely N-dealkylation sites (N-methyl/N-ethyl adjacent to an activating group) is 1. The first-order valence-corrected chi connectivity index (χ1v) is 11.0. The van der Waals surface area contributed by atoms with Crippen molar-refractivity contribution in [1.29, 1.82) is 0 Å². The lowest BCUT2D eigenvalue weighted by Gasteiger charge is -2.34. The third kappa shape index (κ3) is 4.19. The minimum Gasteiger partial charge on any atom is -0.493 e. The number of hydrogen-bond acceptors (Lipinski definition) is 5. The molecule has 3 heterocycles. The highest BCUT2D eigenvalue weighted by Gasteiger charge is 2.20. The molecule has 0 spiro atoms. The van der Waals surface area contributed by atoms with Crippen molar-refractivity contribution in [2.24, 2.45) is 0 Å². The topological polar surface area (TPSA) is 57.3 Å². The molecule has 0 bridgehead atoms. The maximum Gasteiger partial charge on any atom is 0.181 e. The fraction of sp³-hybridized carbons (Fsp3) is 0.280. The third-order valence-electron chi connectivity index (χ3n) is 6.21. The van der Waals surface area contributed by atoms with Gasteiger partial charge in [0, 0.05) is 49.4 Å². The predicted molar refractivity (Wildman–Crippen MR) is 125 cm³/mol. The Labute approximate surface area is 195 Å². The molecule has 0 saturated carbocycles. The quantitative estimate of drug-likeness (QED) is 0.472. The Hall–Kier alpha value is -3.59. The van der Waals surface area contributed by atoms with Crippen molar-refractivity contribution in [3.63, 3.8) is 0 Å².